The van der Waals surface area contributed by atoms with E-state index in [1.807, 2.05) is 12.1 Å². The van der Waals surface area contributed by atoms with Gasteiger partial charge in [0, 0.05) is 6.92 Å². The van der Waals surface area contributed by atoms with Crippen molar-refractivity contribution in [3.05, 3.63) is 41.5 Å². The molecule has 0 radical (unpaired) electrons. The van der Waals surface area contributed by atoms with Gasteiger partial charge in [-0.2, -0.15) is 0 Å². The topological polar surface area (TPSA) is 29.1 Å². The monoisotopic (exact) mass is 187 g/mol. The molecular weight excluding hydrogens is 174 g/mol. The van der Waals surface area contributed by atoms with Crippen LogP contribution in [0.15, 0.2) is 30.3 Å². The molecule has 14 heavy (non-hydrogen) atoms. The molecule has 1 atom stereocenters. The third-order valence-corrected chi connectivity index (χ3v) is 2.42. The van der Waals surface area contributed by atoms with E-state index in [9.17, 15) is 4.79 Å². The first-order chi connectivity index (χ1) is 6.77. The van der Waals surface area contributed by atoms with Gasteiger partial charge in [0.1, 0.15) is 0 Å². The van der Waals surface area contributed by atoms with Crippen molar-refractivity contribution in [1.82, 2.24) is 5.32 Å². The van der Waals surface area contributed by atoms with Gasteiger partial charge in [0.05, 0.1) is 6.04 Å². The molecule has 0 unspecified atom stereocenters. The van der Waals surface area contributed by atoms with Gasteiger partial charge < -0.3 is 5.32 Å². The van der Waals surface area contributed by atoms with Gasteiger partial charge in [-0.1, -0.05) is 36.4 Å². The molecule has 0 saturated carbocycles. The number of fused-ring (bicyclic) bond motifs is 1. The van der Waals surface area contributed by atoms with Crippen molar-refractivity contribution < 1.29 is 4.79 Å². The van der Waals surface area contributed by atoms with E-state index in [4.69, 9.17) is 0 Å². The lowest BCUT2D eigenvalue weighted by Crippen LogP contribution is -2.27. The molecular formula is C12H13NO. The van der Waals surface area contributed by atoms with E-state index < -0.39 is 0 Å². The second kappa shape index (κ2) is 3.66. The van der Waals surface area contributed by atoms with Crippen LogP contribution in [0, 0.1) is 0 Å². The van der Waals surface area contributed by atoms with E-state index in [1.54, 1.807) is 6.92 Å². The average Bonchev–Trinajstić information content (AvgIpc) is 2.18. The molecule has 1 aromatic rings. The molecule has 0 heterocycles. The van der Waals surface area contributed by atoms with Crippen molar-refractivity contribution in [3.63, 3.8) is 0 Å². The molecule has 0 fully saturated rings. The first-order valence-corrected chi connectivity index (χ1v) is 4.80. The number of hydrogen-bond acceptors (Lipinski definition) is 1. The number of hydrogen-bond donors (Lipinski definition) is 1. The largest absolute Gasteiger partial charge is 0.349 e. The Hall–Kier alpha value is -1.57. The molecule has 1 aliphatic rings. The van der Waals surface area contributed by atoms with Gasteiger partial charge >= 0.3 is 0 Å². The Kier molecular flexibility index (Phi) is 2.35. The molecule has 1 amide bonds. The molecule has 1 aromatic carbocycles. The van der Waals surface area contributed by atoms with E-state index in [1.165, 1.54) is 11.1 Å². The summed E-state index contributed by atoms with van der Waals surface area (Å²) in [5, 5.41) is 2.95. The molecule has 1 N–H and O–H groups in total. The van der Waals surface area contributed by atoms with E-state index in [2.05, 4.69) is 29.6 Å². The Morgan fingerprint density at radius 1 is 1.43 bits per heavy atom. The van der Waals surface area contributed by atoms with Crippen LogP contribution < -0.4 is 5.32 Å². The van der Waals surface area contributed by atoms with Crippen molar-refractivity contribution in [2.75, 3.05) is 0 Å². The van der Waals surface area contributed by atoms with E-state index in [-0.39, 0.29) is 11.9 Å². The van der Waals surface area contributed by atoms with Gasteiger partial charge in [0.25, 0.3) is 0 Å². The third-order valence-electron chi connectivity index (χ3n) is 2.42. The molecule has 72 valence electrons. The van der Waals surface area contributed by atoms with Crippen LogP contribution in [0.1, 0.15) is 30.5 Å². The standard InChI is InChI=1S/C12H13NO/c1-9(14)13-12-8-4-6-10-5-2-3-7-11(10)12/h2-7,12H,8H2,1H3,(H,13,14)/t12-/m0/s1. The maximum Gasteiger partial charge on any atom is 0.217 e. The molecule has 0 bridgehead atoms. The summed E-state index contributed by atoms with van der Waals surface area (Å²) in [5.41, 5.74) is 2.42. The van der Waals surface area contributed by atoms with Crippen LogP contribution in [0.2, 0.25) is 0 Å². The highest BCUT2D eigenvalue weighted by Crippen LogP contribution is 2.27. The van der Waals surface area contributed by atoms with Gasteiger partial charge in [-0.05, 0) is 17.5 Å². The SMILES string of the molecule is CC(=O)N[C@H]1CC=Cc2ccccc21. The fourth-order valence-corrected chi connectivity index (χ4v) is 1.82. The number of benzene rings is 1. The molecule has 2 rings (SSSR count). The van der Waals surface area contributed by atoms with Gasteiger partial charge in [0.15, 0.2) is 0 Å². The lowest BCUT2D eigenvalue weighted by molar-refractivity contribution is -0.119. The minimum atomic E-state index is 0.0279. The van der Waals surface area contributed by atoms with Gasteiger partial charge in [-0.15, -0.1) is 0 Å². The first-order valence-electron chi connectivity index (χ1n) is 4.80. The summed E-state index contributed by atoms with van der Waals surface area (Å²) in [5.74, 6) is 0.0279. The van der Waals surface area contributed by atoms with Crippen LogP contribution >= 0.6 is 0 Å². The van der Waals surface area contributed by atoms with E-state index >= 15 is 0 Å². The average molecular weight is 187 g/mol. The Balaban J connectivity index is 2.31. The molecule has 2 nitrogen and oxygen atoms in total. The van der Waals surface area contributed by atoms with Crippen LogP contribution in [0.3, 0.4) is 0 Å². The summed E-state index contributed by atoms with van der Waals surface area (Å²) in [4.78, 5) is 11.0. The highest BCUT2D eigenvalue weighted by atomic mass is 16.1. The van der Waals surface area contributed by atoms with Crippen molar-refractivity contribution in [1.29, 1.82) is 0 Å². The van der Waals surface area contributed by atoms with Crippen LogP contribution in [0.4, 0.5) is 0 Å². The van der Waals surface area contributed by atoms with Crippen LogP contribution in [0.25, 0.3) is 6.08 Å². The second-order valence-electron chi connectivity index (χ2n) is 3.52. The number of nitrogens with one attached hydrogen (secondary N) is 1. The zero-order chi connectivity index (χ0) is 9.97. The number of carbonyl (C=O) groups excluding carboxylic acids is 1. The van der Waals surface area contributed by atoms with Crippen molar-refractivity contribution in [3.8, 4) is 0 Å². The zero-order valence-corrected chi connectivity index (χ0v) is 8.16. The fraction of sp³-hybridized carbons (Fsp3) is 0.250. The summed E-state index contributed by atoms with van der Waals surface area (Å²) in [6.07, 6.45) is 5.09. The quantitative estimate of drug-likeness (QED) is 0.718. The Morgan fingerprint density at radius 2 is 2.21 bits per heavy atom. The summed E-state index contributed by atoms with van der Waals surface area (Å²) in [6, 6.07) is 8.31. The Labute approximate surface area is 83.6 Å². The second-order valence-corrected chi connectivity index (χ2v) is 3.52. The number of amides is 1. The minimum Gasteiger partial charge on any atom is -0.349 e. The summed E-state index contributed by atoms with van der Waals surface area (Å²) in [6.45, 7) is 1.56. The zero-order valence-electron chi connectivity index (χ0n) is 8.16. The molecule has 1 aliphatic carbocycles. The summed E-state index contributed by atoms with van der Waals surface area (Å²) < 4.78 is 0. The van der Waals surface area contributed by atoms with Crippen molar-refractivity contribution in [2.45, 2.75) is 19.4 Å². The smallest absolute Gasteiger partial charge is 0.217 e. The van der Waals surface area contributed by atoms with Gasteiger partial charge in [-0.25, -0.2) is 0 Å². The Morgan fingerprint density at radius 3 is 3.00 bits per heavy atom. The predicted molar refractivity (Wildman–Crippen MR) is 56.7 cm³/mol. The molecule has 0 aromatic heterocycles. The molecule has 0 aliphatic heterocycles. The summed E-state index contributed by atoms with van der Waals surface area (Å²) >= 11 is 0. The maximum atomic E-state index is 11.0. The molecule has 0 spiro atoms. The normalized spacial score (nSPS) is 18.8. The van der Waals surface area contributed by atoms with Crippen molar-refractivity contribution >= 4 is 12.0 Å². The lowest BCUT2D eigenvalue weighted by Gasteiger charge is -2.22. The summed E-state index contributed by atoms with van der Waals surface area (Å²) in [7, 11) is 0. The maximum absolute atomic E-state index is 11.0. The minimum absolute atomic E-state index is 0.0279. The number of rotatable bonds is 1. The van der Waals surface area contributed by atoms with E-state index in [0.717, 1.165) is 6.42 Å². The van der Waals surface area contributed by atoms with Crippen LogP contribution in [-0.4, -0.2) is 5.91 Å². The number of carbonyl (C=O) groups is 1. The fourth-order valence-electron chi connectivity index (χ4n) is 1.82. The van der Waals surface area contributed by atoms with Crippen molar-refractivity contribution in [2.24, 2.45) is 0 Å². The van der Waals surface area contributed by atoms with Gasteiger partial charge in [0.2, 0.25) is 5.91 Å². The first kappa shape index (κ1) is 9.00. The predicted octanol–water partition coefficient (Wildman–Crippen LogP) is 2.28. The van der Waals surface area contributed by atoms with E-state index in [0.29, 0.717) is 0 Å². The Bertz CT molecular complexity index is 382. The van der Waals surface area contributed by atoms with Crippen LogP contribution in [-0.2, 0) is 4.79 Å². The third kappa shape index (κ3) is 1.69. The molecule has 0 saturated heterocycles. The highest BCUT2D eigenvalue weighted by Gasteiger charge is 2.16. The highest BCUT2D eigenvalue weighted by molar-refractivity contribution is 5.74. The van der Waals surface area contributed by atoms with Gasteiger partial charge in [-0.3, -0.25) is 4.79 Å². The molecule has 2 heteroatoms. The van der Waals surface area contributed by atoms with Crippen LogP contribution in [0.5, 0.6) is 0 Å². The lowest BCUT2D eigenvalue weighted by atomic mass is 9.93.